The normalized spacial score (nSPS) is 30.4. The first-order valence-corrected chi connectivity index (χ1v) is 8.28. The summed E-state index contributed by atoms with van der Waals surface area (Å²) in [5, 5.41) is 9.88. The zero-order chi connectivity index (χ0) is 14.3. The average Bonchev–Trinajstić information content (AvgIpc) is 3.02. The van der Waals surface area contributed by atoms with Crippen LogP contribution in [-0.4, -0.2) is 44.1 Å². The fourth-order valence-corrected chi connectivity index (χ4v) is 4.82. The summed E-state index contributed by atoms with van der Waals surface area (Å²) >= 11 is 0. The Kier molecular flexibility index (Phi) is 3.48. The molecule has 0 radical (unpaired) electrons. The van der Waals surface area contributed by atoms with Crippen molar-refractivity contribution >= 4 is 10.0 Å². The van der Waals surface area contributed by atoms with Crippen molar-refractivity contribution in [3.05, 3.63) is 24.3 Å². The number of rotatable bonds is 3. The predicted octanol–water partition coefficient (Wildman–Crippen LogP) is 1.09. The Morgan fingerprint density at radius 1 is 1.20 bits per heavy atom. The van der Waals surface area contributed by atoms with Gasteiger partial charge in [0.05, 0.1) is 18.1 Å². The van der Waals surface area contributed by atoms with Crippen LogP contribution in [0, 0.1) is 11.8 Å². The molecule has 6 heteroatoms. The smallest absolute Gasteiger partial charge is 0.243 e. The van der Waals surface area contributed by atoms with Crippen molar-refractivity contribution in [1.29, 1.82) is 0 Å². The first-order valence-electron chi connectivity index (χ1n) is 6.84. The number of fused-ring (bicyclic) bond motifs is 1. The molecule has 0 bridgehead atoms. The van der Waals surface area contributed by atoms with E-state index in [0.717, 1.165) is 12.8 Å². The molecule has 0 spiro atoms. The van der Waals surface area contributed by atoms with Gasteiger partial charge in [-0.05, 0) is 43.0 Å². The van der Waals surface area contributed by atoms with Crippen LogP contribution in [0.2, 0.25) is 0 Å². The van der Waals surface area contributed by atoms with Crippen molar-refractivity contribution < 1.29 is 18.3 Å². The monoisotopic (exact) mass is 297 g/mol. The van der Waals surface area contributed by atoms with Gasteiger partial charge >= 0.3 is 0 Å². The van der Waals surface area contributed by atoms with Crippen molar-refractivity contribution in [3.63, 3.8) is 0 Å². The van der Waals surface area contributed by atoms with Gasteiger partial charge in [-0.15, -0.1) is 0 Å². The second-order valence-corrected chi connectivity index (χ2v) is 7.50. The number of nitrogens with zero attached hydrogens (tertiary/aromatic N) is 1. The zero-order valence-electron chi connectivity index (χ0n) is 11.4. The van der Waals surface area contributed by atoms with E-state index in [1.54, 1.807) is 31.4 Å². The Morgan fingerprint density at radius 3 is 2.50 bits per heavy atom. The molecule has 5 nitrogen and oxygen atoms in total. The van der Waals surface area contributed by atoms with Gasteiger partial charge in [0.15, 0.2) is 0 Å². The lowest BCUT2D eigenvalue weighted by Gasteiger charge is -2.18. The lowest BCUT2D eigenvalue weighted by atomic mass is 10.00. The number of aliphatic hydroxyl groups excluding tert-OH is 1. The minimum absolute atomic E-state index is 0.100. The standard InChI is InChI=1S/C14H19NO4S/c1-19-11-3-5-12(6-4-11)20(17,18)15-8-10-2-7-14(16)13(10)9-15/h3-6,10,13-14,16H,2,7-9H2,1H3. The Bertz CT molecular complexity index is 584. The van der Waals surface area contributed by atoms with E-state index in [0.29, 0.717) is 24.8 Å². The number of sulfonamides is 1. The van der Waals surface area contributed by atoms with Gasteiger partial charge in [0.25, 0.3) is 0 Å². The van der Waals surface area contributed by atoms with Crippen LogP contribution in [0.15, 0.2) is 29.2 Å². The fraction of sp³-hybridized carbons (Fsp3) is 0.571. The molecule has 1 saturated carbocycles. The van der Waals surface area contributed by atoms with Crippen LogP contribution in [0.1, 0.15) is 12.8 Å². The molecule has 1 aliphatic heterocycles. The minimum Gasteiger partial charge on any atom is -0.497 e. The first-order chi connectivity index (χ1) is 9.52. The van der Waals surface area contributed by atoms with Gasteiger partial charge in [0.1, 0.15) is 5.75 Å². The lowest BCUT2D eigenvalue weighted by molar-refractivity contribution is 0.129. The molecule has 0 amide bonds. The maximum Gasteiger partial charge on any atom is 0.243 e. The molecular weight excluding hydrogens is 278 g/mol. The highest BCUT2D eigenvalue weighted by atomic mass is 32.2. The highest BCUT2D eigenvalue weighted by Crippen LogP contribution is 2.40. The third kappa shape index (κ3) is 2.21. The van der Waals surface area contributed by atoms with Crippen LogP contribution in [0.5, 0.6) is 5.75 Å². The molecule has 2 aliphatic rings. The van der Waals surface area contributed by atoms with Crippen molar-refractivity contribution in [3.8, 4) is 5.75 Å². The molecule has 3 atom stereocenters. The SMILES string of the molecule is COc1ccc(S(=O)(=O)N2CC3CCC(O)C3C2)cc1. The fourth-order valence-electron chi connectivity index (χ4n) is 3.29. The number of ether oxygens (including phenoxy) is 1. The predicted molar refractivity (Wildman–Crippen MR) is 74.0 cm³/mol. The van der Waals surface area contributed by atoms with Crippen molar-refractivity contribution in [2.45, 2.75) is 23.8 Å². The molecule has 1 saturated heterocycles. The Labute approximate surface area is 119 Å². The van der Waals surface area contributed by atoms with E-state index < -0.39 is 10.0 Å². The van der Waals surface area contributed by atoms with Crippen LogP contribution >= 0.6 is 0 Å². The highest BCUT2D eigenvalue weighted by molar-refractivity contribution is 7.89. The number of hydrogen-bond acceptors (Lipinski definition) is 4. The van der Waals surface area contributed by atoms with Crippen molar-refractivity contribution in [1.82, 2.24) is 4.31 Å². The molecule has 3 unspecified atom stereocenters. The van der Waals surface area contributed by atoms with E-state index in [4.69, 9.17) is 4.74 Å². The Hall–Kier alpha value is -1.11. The summed E-state index contributed by atoms with van der Waals surface area (Å²) in [6.07, 6.45) is 1.36. The quantitative estimate of drug-likeness (QED) is 0.907. The molecule has 0 aromatic heterocycles. The third-order valence-electron chi connectivity index (χ3n) is 4.48. The lowest BCUT2D eigenvalue weighted by Crippen LogP contribution is -2.31. The molecule has 20 heavy (non-hydrogen) atoms. The van der Waals surface area contributed by atoms with Crippen LogP contribution in [0.4, 0.5) is 0 Å². The minimum atomic E-state index is -3.46. The summed E-state index contributed by atoms with van der Waals surface area (Å²) in [5.74, 6) is 1.04. The van der Waals surface area contributed by atoms with E-state index >= 15 is 0 Å². The van der Waals surface area contributed by atoms with Crippen molar-refractivity contribution in [2.75, 3.05) is 20.2 Å². The van der Waals surface area contributed by atoms with Gasteiger partial charge in [0.2, 0.25) is 10.0 Å². The zero-order valence-corrected chi connectivity index (χ0v) is 12.2. The largest absolute Gasteiger partial charge is 0.497 e. The third-order valence-corrected chi connectivity index (χ3v) is 6.33. The van der Waals surface area contributed by atoms with E-state index in [1.165, 1.54) is 4.31 Å². The van der Waals surface area contributed by atoms with Gasteiger partial charge in [-0.25, -0.2) is 8.42 Å². The molecule has 1 aliphatic carbocycles. The first kappa shape index (κ1) is 13.9. The van der Waals surface area contributed by atoms with Gasteiger partial charge in [0, 0.05) is 19.0 Å². The second-order valence-electron chi connectivity index (χ2n) is 5.57. The molecule has 1 aromatic carbocycles. The number of aliphatic hydroxyl groups is 1. The Morgan fingerprint density at radius 2 is 1.90 bits per heavy atom. The van der Waals surface area contributed by atoms with Crippen molar-refractivity contribution in [2.24, 2.45) is 11.8 Å². The number of hydrogen-bond donors (Lipinski definition) is 1. The summed E-state index contributed by atoms with van der Waals surface area (Å²) in [6, 6.07) is 6.44. The van der Waals surface area contributed by atoms with Gasteiger partial charge in [-0.3, -0.25) is 0 Å². The summed E-state index contributed by atoms with van der Waals surface area (Å²) in [5.41, 5.74) is 0. The van der Waals surface area contributed by atoms with Crippen LogP contribution in [0.25, 0.3) is 0 Å². The Balaban J connectivity index is 1.82. The van der Waals surface area contributed by atoms with Gasteiger partial charge in [-0.2, -0.15) is 4.31 Å². The maximum absolute atomic E-state index is 12.6. The van der Waals surface area contributed by atoms with Gasteiger partial charge in [-0.1, -0.05) is 0 Å². The summed E-state index contributed by atoms with van der Waals surface area (Å²) < 4.78 is 31.7. The average molecular weight is 297 g/mol. The number of benzene rings is 1. The summed E-state index contributed by atoms with van der Waals surface area (Å²) in [4.78, 5) is 0.285. The molecule has 2 fully saturated rings. The van der Waals surface area contributed by atoms with E-state index in [1.807, 2.05) is 0 Å². The van der Waals surface area contributed by atoms with Crippen LogP contribution < -0.4 is 4.74 Å². The van der Waals surface area contributed by atoms with E-state index in [9.17, 15) is 13.5 Å². The molecule has 3 rings (SSSR count). The summed E-state index contributed by atoms with van der Waals surface area (Å²) in [6.45, 7) is 0.955. The van der Waals surface area contributed by atoms with E-state index in [2.05, 4.69) is 0 Å². The maximum atomic E-state index is 12.6. The topological polar surface area (TPSA) is 66.8 Å². The molecule has 1 heterocycles. The molecule has 1 N–H and O–H groups in total. The molecular formula is C14H19NO4S. The molecule has 110 valence electrons. The molecule has 1 aromatic rings. The van der Waals surface area contributed by atoms with E-state index in [-0.39, 0.29) is 16.9 Å². The van der Waals surface area contributed by atoms with Gasteiger partial charge < -0.3 is 9.84 Å². The van der Waals surface area contributed by atoms with Crippen LogP contribution in [-0.2, 0) is 10.0 Å². The highest BCUT2D eigenvalue weighted by Gasteiger charge is 2.45. The second kappa shape index (κ2) is 5.02. The summed E-state index contributed by atoms with van der Waals surface area (Å²) in [7, 11) is -1.91. The van der Waals surface area contributed by atoms with Crippen LogP contribution in [0.3, 0.4) is 0 Å². The number of methoxy groups -OCH3 is 1.